The van der Waals surface area contributed by atoms with E-state index in [0.29, 0.717) is 18.5 Å². The molecular formula is C13H15BrF2O. The Bertz CT molecular complexity index is 359. The molecule has 1 saturated carbocycles. The third kappa shape index (κ3) is 3.26. The van der Waals surface area contributed by atoms with E-state index < -0.39 is 5.92 Å². The summed E-state index contributed by atoms with van der Waals surface area (Å²) in [5.41, 5.74) is 0.696. The highest BCUT2D eigenvalue weighted by Crippen LogP contribution is 2.53. The van der Waals surface area contributed by atoms with Gasteiger partial charge in [-0.1, -0.05) is 46.3 Å². The minimum atomic E-state index is -2.50. The van der Waals surface area contributed by atoms with Crippen molar-refractivity contribution in [2.24, 2.45) is 5.41 Å². The molecule has 0 aliphatic heterocycles. The summed E-state index contributed by atoms with van der Waals surface area (Å²) in [4.78, 5) is 0. The first-order valence-electron chi connectivity index (χ1n) is 5.61. The van der Waals surface area contributed by atoms with Gasteiger partial charge in [-0.3, -0.25) is 0 Å². The first-order valence-corrected chi connectivity index (χ1v) is 6.73. The Morgan fingerprint density at radius 1 is 1.18 bits per heavy atom. The highest BCUT2D eigenvalue weighted by atomic mass is 79.9. The molecule has 0 unspecified atom stereocenters. The fraction of sp³-hybridized carbons (Fsp3) is 0.538. The SMILES string of the molecule is FC1(F)CC(CBr)(COCc2ccccc2)C1. The fourth-order valence-corrected chi connectivity index (χ4v) is 2.80. The monoisotopic (exact) mass is 304 g/mol. The third-order valence-corrected chi connectivity index (χ3v) is 4.26. The zero-order valence-electron chi connectivity index (χ0n) is 9.46. The summed E-state index contributed by atoms with van der Waals surface area (Å²) in [5, 5.41) is 0.574. The van der Waals surface area contributed by atoms with E-state index in [9.17, 15) is 8.78 Å². The maximum absolute atomic E-state index is 12.9. The van der Waals surface area contributed by atoms with Crippen LogP contribution in [0, 0.1) is 5.41 Å². The van der Waals surface area contributed by atoms with Gasteiger partial charge in [0.15, 0.2) is 0 Å². The summed E-state index contributed by atoms with van der Waals surface area (Å²) >= 11 is 3.31. The van der Waals surface area contributed by atoms with Gasteiger partial charge < -0.3 is 4.74 Å². The number of halogens is 3. The Labute approximate surface area is 108 Å². The first-order chi connectivity index (χ1) is 8.05. The molecule has 0 heterocycles. The van der Waals surface area contributed by atoms with Gasteiger partial charge in [0, 0.05) is 23.6 Å². The molecule has 0 atom stereocenters. The summed E-state index contributed by atoms with van der Waals surface area (Å²) < 4.78 is 31.3. The molecule has 0 radical (unpaired) electrons. The molecule has 0 saturated heterocycles. The van der Waals surface area contributed by atoms with E-state index in [2.05, 4.69) is 15.9 Å². The highest BCUT2D eigenvalue weighted by molar-refractivity contribution is 9.09. The van der Waals surface area contributed by atoms with Gasteiger partial charge in [-0.15, -0.1) is 0 Å². The van der Waals surface area contributed by atoms with Crippen molar-refractivity contribution in [3.05, 3.63) is 35.9 Å². The fourth-order valence-electron chi connectivity index (χ4n) is 2.24. The van der Waals surface area contributed by atoms with Crippen molar-refractivity contribution < 1.29 is 13.5 Å². The number of alkyl halides is 3. The summed E-state index contributed by atoms with van der Waals surface area (Å²) in [5.74, 6) is -2.50. The number of benzene rings is 1. The van der Waals surface area contributed by atoms with Crippen LogP contribution in [0.15, 0.2) is 30.3 Å². The Balaban J connectivity index is 1.79. The molecule has 4 heteroatoms. The number of hydrogen-bond donors (Lipinski definition) is 0. The van der Waals surface area contributed by atoms with Crippen molar-refractivity contribution in [3.8, 4) is 0 Å². The van der Waals surface area contributed by atoms with Crippen LogP contribution in [0.2, 0.25) is 0 Å². The molecule has 0 N–H and O–H groups in total. The van der Waals surface area contributed by atoms with Gasteiger partial charge in [0.05, 0.1) is 13.2 Å². The standard InChI is InChI=1S/C13H15BrF2O/c14-9-12(7-13(15,16)8-12)10-17-6-11-4-2-1-3-5-11/h1-5H,6-10H2. The summed E-state index contributed by atoms with van der Waals surface area (Å²) in [6, 6.07) is 9.76. The van der Waals surface area contributed by atoms with Gasteiger partial charge in [-0.05, 0) is 5.56 Å². The van der Waals surface area contributed by atoms with Crippen LogP contribution in [0.4, 0.5) is 8.78 Å². The molecule has 0 aromatic heterocycles. The van der Waals surface area contributed by atoms with E-state index in [1.807, 2.05) is 30.3 Å². The molecule has 94 valence electrons. The average Bonchev–Trinajstić information content (AvgIpc) is 2.27. The second-order valence-corrected chi connectivity index (χ2v) is 5.38. The second-order valence-electron chi connectivity index (χ2n) is 4.82. The zero-order valence-corrected chi connectivity index (χ0v) is 11.1. The zero-order chi connectivity index (χ0) is 12.4. The van der Waals surface area contributed by atoms with Gasteiger partial charge in [-0.25, -0.2) is 8.78 Å². The molecule has 17 heavy (non-hydrogen) atoms. The van der Waals surface area contributed by atoms with Crippen LogP contribution in [-0.2, 0) is 11.3 Å². The molecule has 0 bridgehead atoms. The lowest BCUT2D eigenvalue weighted by Crippen LogP contribution is -2.50. The number of ether oxygens (including phenoxy) is 1. The van der Waals surface area contributed by atoms with Crippen LogP contribution in [0.1, 0.15) is 18.4 Å². The van der Waals surface area contributed by atoms with E-state index in [1.165, 1.54) is 0 Å². The smallest absolute Gasteiger partial charge is 0.249 e. The molecule has 1 aliphatic rings. The third-order valence-electron chi connectivity index (χ3n) is 3.07. The van der Waals surface area contributed by atoms with Crippen molar-refractivity contribution in [1.29, 1.82) is 0 Å². The predicted octanol–water partition coefficient (Wildman–Crippen LogP) is 4.01. The molecule has 0 amide bonds. The molecule has 1 fully saturated rings. The Morgan fingerprint density at radius 2 is 1.82 bits per heavy atom. The first kappa shape index (κ1) is 13.0. The van der Waals surface area contributed by atoms with Crippen molar-refractivity contribution >= 4 is 15.9 Å². The van der Waals surface area contributed by atoms with Crippen LogP contribution < -0.4 is 0 Å². The van der Waals surface area contributed by atoms with Crippen LogP contribution in [-0.4, -0.2) is 17.9 Å². The lowest BCUT2D eigenvalue weighted by atomic mass is 9.68. The molecule has 1 aromatic rings. The molecule has 0 spiro atoms. The Kier molecular flexibility index (Phi) is 3.83. The summed E-state index contributed by atoms with van der Waals surface area (Å²) in [7, 11) is 0. The van der Waals surface area contributed by atoms with Crippen molar-refractivity contribution in [2.75, 3.05) is 11.9 Å². The van der Waals surface area contributed by atoms with Gasteiger partial charge in [0.2, 0.25) is 5.92 Å². The molecule has 2 rings (SSSR count). The maximum atomic E-state index is 12.9. The lowest BCUT2D eigenvalue weighted by molar-refractivity contribution is -0.173. The predicted molar refractivity (Wildman–Crippen MR) is 66.5 cm³/mol. The van der Waals surface area contributed by atoms with Crippen LogP contribution in [0.3, 0.4) is 0 Å². The molecule has 1 nitrogen and oxygen atoms in total. The van der Waals surface area contributed by atoms with Gasteiger partial charge in [0.1, 0.15) is 0 Å². The van der Waals surface area contributed by atoms with Crippen molar-refractivity contribution in [1.82, 2.24) is 0 Å². The van der Waals surface area contributed by atoms with Crippen molar-refractivity contribution in [2.45, 2.75) is 25.4 Å². The van der Waals surface area contributed by atoms with E-state index in [-0.39, 0.29) is 18.3 Å². The largest absolute Gasteiger partial charge is 0.376 e. The summed E-state index contributed by atoms with van der Waals surface area (Å²) in [6.45, 7) is 0.879. The van der Waals surface area contributed by atoms with Crippen LogP contribution >= 0.6 is 15.9 Å². The van der Waals surface area contributed by atoms with Crippen LogP contribution in [0.25, 0.3) is 0 Å². The van der Waals surface area contributed by atoms with E-state index >= 15 is 0 Å². The highest BCUT2D eigenvalue weighted by Gasteiger charge is 2.55. The molecular weight excluding hydrogens is 290 g/mol. The van der Waals surface area contributed by atoms with E-state index in [1.54, 1.807) is 0 Å². The minimum Gasteiger partial charge on any atom is -0.376 e. The molecule has 1 aliphatic carbocycles. The quantitative estimate of drug-likeness (QED) is 0.747. The topological polar surface area (TPSA) is 9.23 Å². The van der Waals surface area contributed by atoms with Gasteiger partial charge in [-0.2, -0.15) is 0 Å². The molecule has 1 aromatic carbocycles. The van der Waals surface area contributed by atoms with E-state index in [0.717, 1.165) is 5.56 Å². The minimum absolute atomic E-state index is 0.0694. The second kappa shape index (κ2) is 5.02. The van der Waals surface area contributed by atoms with Crippen LogP contribution in [0.5, 0.6) is 0 Å². The van der Waals surface area contributed by atoms with Crippen molar-refractivity contribution in [3.63, 3.8) is 0 Å². The summed E-state index contributed by atoms with van der Waals surface area (Å²) in [6.07, 6.45) is -0.139. The normalized spacial score (nSPS) is 20.9. The number of rotatable bonds is 5. The van der Waals surface area contributed by atoms with Gasteiger partial charge in [0.25, 0.3) is 0 Å². The Morgan fingerprint density at radius 3 is 2.35 bits per heavy atom. The lowest BCUT2D eigenvalue weighted by Gasteiger charge is -2.46. The van der Waals surface area contributed by atoms with E-state index in [4.69, 9.17) is 4.74 Å². The maximum Gasteiger partial charge on any atom is 0.249 e. The number of hydrogen-bond acceptors (Lipinski definition) is 1. The average molecular weight is 305 g/mol. The Hall–Kier alpha value is -0.480. The van der Waals surface area contributed by atoms with Gasteiger partial charge >= 0.3 is 0 Å².